The van der Waals surface area contributed by atoms with Gasteiger partial charge < -0.3 is 4.74 Å². The highest BCUT2D eigenvalue weighted by Crippen LogP contribution is 2.63. The molecule has 5 saturated carbocycles. The van der Waals surface area contributed by atoms with Crippen LogP contribution in [0.15, 0.2) is 34.2 Å². The van der Waals surface area contributed by atoms with Crippen LogP contribution in [0.3, 0.4) is 0 Å². The van der Waals surface area contributed by atoms with Crippen LogP contribution in [-0.4, -0.2) is 32.4 Å². The molecule has 8 heteroatoms. The standard InChI is InChI=1S/C24H30N2O5S/c27-32(28)21-4-2-1-3-20(21)22(26-32)25-14-15-5-7-23(8-6-15)29-24(31-30-23)18-10-16-9-17(12-18)13-19(24)11-16/h1-4,15-19H,5-14H2,(H,25,26). The molecule has 8 rings (SSSR count). The predicted octanol–water partition coefficient (Wildman–Crippen LogP) is 3.74. The second-order valence-electron chi connectivity index (χ2n) is 10.9. The highest BCUT2D eigenvalue weighted by Gasteiger charge is 2.66. The minimum absolute atomic E-state index is 0.312. The second kappa shape index (κ2) is 6.78. The normalized spacial score (nSPS) is 46.8. The molecule has 1 aromatic carbocycles. The van der Waals surface area contributed by atoms with E-state index in [0.717, 1.165) is 37.5 Å². The van der Waals surface area contributed by atoms with Crippen molar-refractivity contribution in [2.75, 3.05) is 6.54 Å². The number of ether oxygens (including phenoxy) is 1. The van der Waals surface area contributed by atoms with Gasteiger partial charge in [-0.2, -0.15) is 9.78 Å². The third kappa shape index (κ3) is 2.89. The molecule has 5 aliphatic carbocycles. The fraction of sp³-hybridized carbons (Fsp3) is 0.708. The molecule has 0 unspecified atom stereocenters. The van der Waals surface area contributed by atoms with Gasteiger partial charge in [0.2, 0.25) is 11.6 Å². The first-order valence-electron chi connectivity index (χ1n) is 12.2. The van der Waals surface area contributed by atoms with E-state index in [1.165, 1.54) is 32.1 Å². The molecule has 1 aromatic rings. The Bertz CT molecular complexity index is 1050. The van der Waals surface area contributed by atoms with E-state index in [4.69, 9.17) is 14.5 Å². The molecule has 7 nitrogen and oxygen atoms in total. The van der Waals surface area contributed by atoms with Crippen LogP contribution in [0, 0.1) is 29.6 Å². The van der Waals surface area contributed by atoms with Gasteiger partial charge in [-0.3, -0.25) is 9.71 Å². The Morgan fingerprint density at radius 2 is 1.66 bits per heavy atom. The quantitative estimate of drug-likeness (QED) is 0.683. The van der Waals surface area contributed by atoms with Gasteiger partial charge in [-0.15, -0.1) is 0 Å². The number of rotatable bonds is 2. The van der Waals surface area contributed by atoms with E-state index in [1.54, 1.807) is 12.1 Å². The van der Waals surface area contributed by atoms with Crippen molar-refractivity contribution in [2.45, 2.75) is 74.3 Å². The molecule has 2 spiro atoms. The van der Waals surface area contributed by atoms with Crippen LogP contribution in [0.4, 0.5) is 0 Å². The summed E-state index contributed by atoms with van der Waals surface area (Å²) >= 11 is 0. The Morgan fingerprint density at radius 3 is 2.38 bits per heavy atom. The Morgan fingerprint density at radius 1 is 0.969 bits per heavy atom. The molecule has 0 radical (unpaired) electrons. The molecular weight excluding hydrogens is 428 g/mol. The first kappa shape index (κ1) is 19.9. The zero-order valence-corrected chi connectivity index (χ0v) is 19.0. The molecule has 0 aromatic heterocycles. The first-order chi connectivity index (χ1) is 15.4. The van der Waals surface area contributed by atoms with Gasteiger partial charge in [-0.25, -0.2) is 8.42 Å². The molecule has 6 fully saturated rings. The van der Waals surface area contributed by atoms with Crippen molar-refractivity contribution in [1.29, 1.82) is 0 Å². The van der Waals surface area contributed by atoms with Crippen molar-refractivity contribution in [1.82, 2.24) is 4.72 Å². The van der Waals surface area contributed by atoms with Gasteiger partial charge in [0.25, 0.3) is 10.0 Å². The van der Waals surface area contributed by atoms with Crippen molar-refractivity contribution in [3.63, 3.8) is 0 Å². The third-order valence-corrected chi connectivity index (χ3v) is 10.4. The average Bonchev–Trinajstić information content (AvgIpc) is 3.28. The van der Waals surface area contributed by atoms with Gasteiger partial charge in [0, 0.05) is 36.8 Å². The molecule has 0 amide bonds. The largest absolute Gasteiger partial charge is 0.312 e. The lowest BCUT2D eigenvalue weighted by Gasteiger charge is -2.57. The number of benzene rings is 1. The molecule has 2 heterocycles. The van der Waals surface area contributed by atoms with Crippen LogP contribution in [0.5, 0.6) is 0 Å². The van der Waals surface area contributed by atoms with E-state index < -0.39 is 21.6 Å². The molecule has 2 aliphatic heterocycles. The van der Waals surface area contributed by atoms with Gasteiger partial charge >= 0.3 is 0 Å². The Hall–Kier alpha value is -1.48. The number of amidine groups is 1. The summed E-state index contributed by atoms with van der Waals surface area (Å²) in [4.78, 5) is 17.1. The number of hydrogen-bond acceptors (Lipinski definition) is 6. The van der Waals surface area contributed by atoms with Gasteiger partial charge in [-0.1, -0.05) is 12.1 Å². The topological polar surface area (TPSA) is 86.2 Å². The highest BCUT2D eigenvalue weighted by molar-refractivity contribution is 7.90. The summed E-state index contributed by atoms with van der Waals surface area (Å²) < 4.78 is 34.0. The van der Waals surface area contributed by atoms with Gasteiger partial charge in [-0.05, 0) is 74.8 Å². The maximum Gasteiger partial charge on any atom is 0.263 e. The summed E-state index contributed by atoms with van der Waals surface area (Å²) in [5.41, 5.74) is 0.666. The van der Waals surface area contributed by atoms with Gasteiger partial charge in [0.15, 0.2) is 0 Å². The summed E-state index contributed by atoms with van der Waals surface area (Å²) in [6.45, 7) is 0.600. The fourth-order valence-electron chi connectivity index (χ4n) is 7.57. The lowest BCUT2D eigenvalue weighted by Crippen LogP contribution is -2.59. The van der Waals surface area contributed by atoms with E-state index >= 15 is 0 Å². The second-order valence-corrected chi connectivity index (χ2v) is 12.6. The van der Waals surface area contributed by atoms with Crippen LogP contribution < -0.4 is 4.72 Å². The van der Waals surface area contributed by atoms with E-state index in [2.05, 4.69) is 9.71 Å². The Kier molecular flexibility index (Phi) is 4.22. The molecule has 0 atom stereocenters. The maximum absolute atomic E-state index is 12.3. The van der Waals surface area contributed by atoms with Crippen LogP contribution in [0.25, 0.3) is 0 Å². The smallest absolute Gasteiger partial charge is 0.263 e. The van der Waals surface area contributed by atoms with Crippen molar-refractivity contribution >= 4 is 15.9 Å². The van der Waals surface area contributed by atoms with Crippen molar-refractivity contribution < 1.29 is 22.9 Å². The highest BCUT2D eigenvalue weighted by atomic mass is 32.2. The van der Waals surface area contributed by atoms with Crippen molar-refractivity contribution in [2.24, 2.45) is 34.6 Å². The zero-order chi connectivity index (χ0) is 21.6. The number of nitrogens with one attached hydrogen (secondary N) is 1. The predicted molar refractivity (Wildman–Crippen MR) is 116 cm³/mol. The summed E-state index contributed by atoms with van der Waals surface area (Å²) in [6, 6.07) is 7.01. The SMILES string of the molecule is O=S1(=O)NC(=NCC2CCC3(CC2)OOC2(O3)C3CC4CC(C3)CC2C4)c2ccccc21. The third-order valence-electron chi connectivity index (χ3n) is 8.98. The molecule has 7 aliphatic rings. The number of hydrogen-bond donors (Lipinski definition) is 1. The van der Waals surface area contributed by atoms with E-state index in [-0.39, 0.29) is 0 Å². The molecular formula is C24H30N2O5S. The lowest BCUT2D eigenvalue weighted by molar-refractivity contribution is -0.390. The molecule has 172 valence electrons. The number of sulfonamides is 1. The van der Waals surface area contributed by atoms with Crippen LogP contribution in [0.1, 0.15) is 63.4 Å². The fourth-order valence-corrected chi connectivity index (χ4v) is 8.82. The zero-order valence-electron chi connectivity index (χ0n) is 18.2. The first-order valence-corrected chi connectivity index (χ1v) is 13.7. The van der Waals surface area contributed by atoms with E-state index in [0.29, 0.717) is 40.6 Å². The van der Waals surface area contributed by atoms with Gasteiger partial charge in [0.1, 0.15) is 5.84 Å². The lowest BCUT2D eigenvalue weighted by atomic mass is 9.53. The minimum Gasteiger partial charge on any atom is -0.312 e. The average molecular weight is 459 g/mol. The van der Waals surface area contributed by atoms with Crippen molar-refractivity contribution in [3.05, 3.63) is 29.8 Å². The van der Waals surface area contributed by atoms with Crippen molar-refractivity contribution in [3.8, 4) is 0 Å². The summed E-state index contributed by atoms with van der Waals surface area (Å²) in [5, 5.41) is 0. The van der Waals surface area contributed by atoms with Crippen LogP contribution >= 0.6 is 0 Å². The summed E-state index contributed by atoms with van der Waals surface area (Å²) in [7, 11) is -3.49. The van der Waals surface area contributed by atoms with Crippen LogP contribution in [0.2, 0.25) is 0 Å². The molecule has 1 saturated heterocycles. The Labute approximate surface area is 188 Å². The van der Waals surface area contributed by atoms with Crippen LogP contribution in [-0.2, 0) is 24.5 Å². The summed E-state index contributed by atoms with van der Waals surface area (Å²) in [5.74, 6) is 2.42. The number of fused-ring (bicyclic) bond motifs is 1. The number of aliphatic imine (C=N–C) groups is 1. The molecule has 4 bridgehead atoms. The van der Waals surface area contributed by atoms with E-state index in [9.17, 15) is 8.42 Å². The minimum atomic E-state index is -3.49. The van der Waals surface area contributed by atoms with Gasteiger partial charge in [0.05, 0.1) is 4.90 Å². The summed E-state index contributed by atoms with van der Waals surface area (Å²) in [6.07, 6.45) is 9.79. The monoisotopic (exact) mass is 458 g/mol. The molecule has 1 N–H and O–H groups in total. The van der Waals surface area contributed by atoms with E-state index in [1.807, 2.05) is 12.1 Å². The maximum atomic E-state index is 12.3. The molecule has 32 heavy (non-hydrogen) atoms. The number of nitrogens with zero attached hydrogens (tertiary/aromatic N) is 1. The Balaban J connectivity index is 1.02.